The molecule has 0 spiro atoms. The molecule has 0 radical (unpaired) electrons. The van der Waals surface area contributed by atoms with Crippen molar-refractivity contribution in [1.29, 1.82) is 0 Å². The monoisotopic (exact) mass is 333 g/mol. The molecule has 4 rings (SSSR count). The van der Waals surface area contributed by atoms with Crippen molar-refractivity contribution in [2.24, 2.45) is 5.92 Å². The number of hydrogen-bond donors (Lipinski definition) is 0. The Kier molecular flexibility index (Phi) is 3.70. The second-order valence-electron chi connectivity index (χ2n) is 6.32. The van der Waals surface area contributed by atoms with Crippen LogP contribution in [0.1, 0.15) is 18.4 Å². The molecule has 126 valence electrons. The minimum absolute atomic E-state index is 0.107. The maximum absolute atomic E-state index is 13.7. The standard InChI is InChI=1S/C17H17F2N3O2/c18-13-4-3-12(14(19)6-13)10-24-15-7-16-21-5-1-2-11(8-21)9-22(16)17(23)20-15/h3-4,6-7,11H,1-2,5,8-10H2. The lowest BCUT2D eigenvalue weighted by Gasteiger charge is -2.40. The molecule has 3 heterocycles. The predicted molar refractivity (Wildman–Crippen MR) is 84.1 cm³/mol. The van der Waals surface area contributed by atoms with Crippen molar-refractivity contribution in [1.82, 2.24) is 9.55 Å². The summed E-state index contributed by atoms with van der Waals surface area (Å²) in [7, 11) is 0. The fraction of sp³-hybridized carbons (Fsp3) is 0.412. The molecule has 0 N–H and O–H groups in total. The molecule has 1 aromatic carbocycles. The largest absolute Gasteiger partial charge is 0.472 e. The van der Waals surface area contributed by atoms with Crippen LogP contribution in [0.5, 0.6) is 5.88 Å². The lowest BCUT2D eigenvalue weighted by atomic mass is 9.96. The molecule has 0 saturated carbocycles. The fourth-order valence-corrected chi connectivity index (χ4v) is 3.45. The van der Waals surface area contributed by atoms with E-state index in [2.05, 4.69) is 9.88 Å². The topological polar surface area (TPSA) is 47.4 Å². The quantitative estimate of drug-likeness (QED) is 0.865. The SMILES string of the molecule is O=c1nc(OCc2ccc(F)cc2F)cc2n1CC1CCCN2C1. The highest BCUT2D eigenvalue weighted by molar-refractivity contribution is 5.44. The molecular weight excluding hydrogens is 316 g/mol. The molecule has 2 aliphatic rings. The summed E-state index contributed by atoms with van der Waals surface area (Å²) in [4.78, 5) is 18.4. The van der Waals surface area contributed by atoms with E-state index >= 15 is 0 Å². The van der Waals surface area contributed by atoms with Crippen molar-refractivity contribution in [3.8, 4) is 5.88 Å². The van der Waals surface area contributed by atoms with E-state index in [4.69, 9.17) is 4.74 Å². The number of hydrogen-bond acceptors (Lipinski definition) is 4. The molecule has 1 saturated heterocycles. The van der Waals surface area contributed by atoms with E-state index in [1.165, 1.54) is 12.1 Å². The van der Waals surface area contributed by atoms with Gasteiger partial charge in [0.25, 0.3) is 0 Å². The van der Waals surface area contributed by atoms with Gasteiger partial charge in [-0.15, -0.1) is 0 Å². The van der Waals surface area contributed by atoms with Gasteiger partial charge in [-0.1, -0.05) is 0 Å². The molecule has 0 amide bonds. The van der Waals surface area contributed by atoms with Gasteiger partial charge in [-0.3, -0.25) is 4.57 Å². The highest BCUT2D eigenvalue weighted by atomic mass is 19.1. The van der Waals surface area contributed by atoms with Crippen molar-refractivity contribution in [3.63, 3.8) is 0 Å². The number of fused-ring (bicyclic) bond motifs is 4. The second-order valence-corrected chi connectivity index (χ2v) is 6.32. The Morgan fingerprint density at radius 2 is 2.12 bits per heavy atom. The number of aromatic nitrogens is 2. The van der Waals surface area contributed by atoms with Gasteiger partial charge in [-0.2, -0.15) is 4.98 Å². The number of ether oxygens (including phenoxy) is 1. The number of anilines is 1. The molecular formula is C17H17F2N3O2. The zero-order valence-corrected chi connectivity index (χ0v) is 13.0. The summed E-state index contributed by atoms with van der Waals surface area (Å²) < 4.78 is 33.8. The summed E-state index contributed by atoms with van der Waals surface area (Å²) in [5.74, 6) is 0.148. The first-order chi connectivity index (χ1) is 11.6. The average Bonchev–Trinajstić information content (AvgIpc) is 2.56. The minimum Gasteiger partial charge on any atom is -0.472 e. The van der Waals surface area contributed by atoms with Gasteiger partial charge in [0.05, 0.1) is 0 Å². The lowest BCUT2D eigenvalue weighted by molar-refractivity contribution is 0.278. The van der Waals surface area contributed by atoms with E-state index in [-0.39, 0.29) is 23.7 Å². The highest BCUT2D eigenvalue weighted by Gasteiger charge is 2.29. The van der Waals surface area contributed by atoms with E-state index < -0.39 is 11.6 Å². The van der Waals surface area contributed by atoms with Gasteiger partial charge in [0, 0.05) is 37.3 Å². The van der Waals surface area contributed by atoms with Crippen LogP contribution < -0.4 is 15.3 Å². The Balaban J connectivity index is 1.58. The third kappa shape index (κ3) is 2.74. The number of rotatable bonds is 3. The number of nitrogens with zero attached hydrogens (tertiary/aromatic N) is 3. The van der Waals surface area contributed by atoms with Gasteiger partial charge < -0.3 is 9.64 Å². The van der Waals surface area contributed by atoms with E-state index in [9.17, 15) is 13.6 Å². The number of piperidine rings is 1. The molecule has 1 aromatic heterocycles. The van der Waals surface area contributed by atoms with E-state index in [1.807, 2.05) is 0 Å². The molecule has 2 aliphatic heterocycles. The van der Waals surface area contributed by atoms with Gasteiger partial charge in [0.1, 0.15) is 24.1 Å². The van der Waals surface area contributed by atoms with Gasteiger partial charge in [-0.25, -0.2) is 13.6 Å². The van der Waals surface area contributed by atoms with Gasteiger partial charge >= 0.3 is 5.69 Å². The summed E-state index contributed by atoms with van der Waals surface area (Å²) in [5, 5.41) is 0. The normalized spacial score (nSPS) is 19.1. The van der Waals surface area contributed by atoms with Crippen LogP contribution in [-0.4, -0.2) is 22.6 Å². The maximum atomic E-state index is 13.7. The molecule has 1 unspecified atom stereocenters. The van der Waals surface area contributed by atoms with Crippen molar-refractivity contribution in [2.75, 3.05) is 18.0 Å². The summed E-state index contributed by atoms with van der Waals surface area (Å²) >= 11 is 0. The van der Waals surface area contributed by atoms with Crippen LogP contribution in [0.25, 0.3) is 0 Å². The number of benzene rings is 1. The molecule has 0 aliphatic carbocycles. The summed E-state index contributed by atoms with van der Waals surface area (Å²) in [5.41, 5.74) is -0.132. The van der Waals surface area contributed by atoms with Crippen LogP contribution in [0, 0.1) is 17.6 Å². The van der Waals surface area contributed by atoms with Crippen LogP contribution in [0.2, 0.25) is 0 Å². The Morgan fingerprint density at radius 3 is 2.96 bits per heavy atom. The summed E-state index contributed by atoms with van der Waals surface area (Å²) in [6, 6.07) is 5.03. The van der Waals surface area contributed by atoms with E-state index in [0.29, 0.717) is 12.5 Å². The third-order valence-electron chi connectivity index (χ3n) is 4.64. The molecule has 24 heavy (non-hydrogen) atoms. The van der Waals surface area contributed by atoms with Crippen LogP contribution in [0.15, 0.2) is 29.1 Å². The van der Waals surface area contributed by atoms with Crippen LogP contribution in [-0.2, 0) is 13.2 Å². The molecule has 2 aromatic rings. The van der Waals surface area contributed by atoms with E-state index in [0.717, 1.165) is 37.8 Å². The summed E-state index contributed by atoms with van der Waals surface area (Å²) in [6.07, 6.45) is 2.24. The van der Waals surface area contributed by atoms with E-state index in [1.54, 1.807) is 10.6 Å². The first-order valence-corrected chi connectivity index (χ1v) is 8.04. The van der Waals surface area contributed by atoms with Gasteiger partial charge in [-0.05, 0) is 30.9 Å². The average molecular weight is 333 g/mol. The third-order valence-corrected chi connectivity index (χ3v) is 4.64. The molecule has 2 bridgehead atoms. The fourth-order valence-electron chi connectivity index (χ4n) is 3.45. The first kappa shape index (κ1) is 15.1. The van der Waals surface area contributed by atoms with Gasteiger partial charge in [0.15, 0.2) is 0 Å². The minimum atomic E-state index is -0.677. The van der Waals surface area contributed by atoms with Crippen LogP contribution >= 0.6 is 0 Å². The zero-order valence-electron chi connectivity index (χ0n) is 13.0. The molecule has 1 atom stereocenters. The van der Waals surface area contributed by atoms with Crippen LogP contribution in [0.3, 0.4) is 0 Å². The maximum Gasteiger partial charge on any atom is 0.352 e. The van der Waals surface area contributed by atoms with Crippen molar-refractivity contribution < 1.29 is 13.5 Å². The Hall–Kier alpha value is -2.44. The van der Waals surface area contributed by atoms with Gasteiger partial charge in [0.2, 0.25) is 5.88 Å². The smallest absolute Gasteiger partial charge is 0.352 e. The molecule has 5 nitrogen and oxygen atoms in total. The predicted octanol–water partition coefficient (Wildman–Crippen LogP) is 2.33. The van der Waals surface area contributed by atoms with Crippen molar-refractivity contribution in [3.05, 3.63) is 51.9 Å². The zero-order chi connectivity index (χ0) is 16.7. The Bertz CT molecular complexity index is 837. The Morgan fingerprint density at radius 1 is 1.25 bits per heavy atom. The molecule has 1 fully saturated rings. The second kappa shape index (κ2) is 5.89. The Labute approximate surface area is 137 Å². The first-order valence-electron chi connectivity index (χ1n) is 8.04. The van der Waals surface area contributed by atoms with Crippen LogP contribution in [0.4, 0.5) is 14.6 Å². The molecule has 7 heteroatoms. The lowest BCUT2D eigenvalue weighted by Crippen LogP contribution is -2.46. The van der Waals surface area contributed by atoms with Crippen molar-refractivity contribution >= 4 is 5.82 Å². The number of halogens is 2. The summed E-state index contributed by atoms with van der Waals surface area (Å²) in [6.45, 7) is 2.43. The highest BCUT2D eigenvalue weighted by Crippen LogP contribution is 2.30. The van der Waals surface area contributed by atoms with Crippen molar-refractivity contribution in [2.45, 2.75) is 26.0 Å².